The lowest BCUT2D eigenvalue weighted by Gasteiger charge is -2.26. The monoisotopic (exact) mass is 804 g/mol. The molecule has 4 heteroatoms. The molecule has 2 heterocycles. The summed E-state index contributed by atoms with van der Waals surface area (Å²) >= 11 is 0. The molecule has 0 unspecified atom stereocenters. The van der Waals surface area contributed by atoms with Gasteiger partial charge in [-0.3, -0.25) is 0 Å². The van der Waals surface area contributed by atoms with E-state index in [-0.39, 0.29) is 0 Å². The van der Waals surface area contributed by atoms with Crippen molar-refractivity contribution in [2.24, 2.45) is 0 Å². The van der Waals surface area contributed by atoms with E-state index in [1.54, 1.807) is 0 Å². The number of hydrogen-bond donors (Lipinski definition) is 0. The largest absolute Gasteiger partial charge is 0.455 e. The van der Waals surface area contributed by atoms with E-state index in [0.717, 1.165) is 125 Å². The molecule has 0 atom stereocenters. The van der Waals surface area contributed by atoms with Gasteiger partial charge < -0.3 is 18.6 Å². The number of fused-ring (bicyclic) bond motifs is 10. The molecule has 0 amide bonds. The molecule has 0 aliphatic carbocycles. The summed E-state index contributed by atoms with van der Waals surface area (Å²) in [6.07, 6.45) is 4.05. The van der Waals surface area contributed by atoms with Gasteiger partial charge in [0.25, 0.3) is 0 Å². The lowest BCUT2D eigenvalue weighted by molar-refractivity contribution is 0.667. The van der Waals surface area contributed by atoms with Crippen LogP contribution in [0.15, 0.2) is 179 Å². The molecule has 0 aliphatic rings. The maximum absolute atomic E-state index is 6.79. The third kappa shape index (κ3) is 6.37. The standard InChI is InChI=1S/C58H48N2O2/c1-5-37-9-19-43(20-10-37)59(44-21-11-38(6-2)12-22-44)47-27-31-49-41(33-47)17-29-51-53-35-56-54(36-55(53)61-57(49)51)52-30-18-42-34-48(28-32-50(42)58(52)62-56)60(45-23-13-39(7-3)14-24-45)46-25-15-40(8-4)16-26-46/h9-36H,5-8H2,1-4H3. The van der Waals surface area contributed by atoms with Gasteiger partial charge in [0.2, 0.25) is 0 Å². The number of nitrogens with zero attached hydrogens (tertiary/aromatic N) is 2. The zero-order valence-electron chi connectivity index (χ0n) is 35.7. The van der Waals surface area contributed by atoms with Gasteiger partial charge in [0.05, 0.1) is 0 Å². The van der Waals surface area contributed by atoms with Crippen molar-refractivity contribution >= 4 is 99.5 Å². The summed E-state index contributed by atoms with van der Waals surface area (Å²) in [5.74, 6) is 0. The number of benzene rings is 9. The van der Waals surface area contributed by atoms with Crippen LogP contribution in [0.1, 0.15) is 49.9 Å². The second-order valence-corrected chi connectivity index (χ2v) is 16.5. The van der Waals surface area contributed by atoms with E-state index in [1.165, 1.54) is 22.3 Å². The van der Waals surface area contributed by atoms with E-state index >= 15 is 0 Å². The summed E-state index contributed by atoms with van der Waals surface area (Å²) in [6, 6.07) is 62.3. The first-order valence-electron chi connectivity index (χ1n) is 22.1. The predicted octanol–water partition coefficient (Wildman–Crippen LogP) is 17.0. The van der Waals surface area contributed by atoms with Crippen LogP contribution < -0.4 is 9.80 Å². The van der Waals surface area contributed by atoms with Gasteiger partial charge in [-0.2, -0.15) is 0 Å². The number of anilines is 6. The number of rotatable bonds is 10. The van der Waals surface area contributed by atoms with Crippen molar-refractivity contribution in [2.45, 2.75) is 53.4 Å². The molecule has 302 valence electrons. The van der Waals surface area contributed by atoms with Crippen molar-refractivity contribution in [2.75, 3.05) is 9.80 Å². The predicted molar refractivity (Wildman–Crippen MR) is 263 cm³/mol. The van der Waals surface area contributed by atoms with Gasteiger partial charge >= 0.3 is 0 Å². The topological polar surface area (TPSA) is 32.8 Å². The highest BCUT2D eigenvalue weighted by Gasteiger charge is 2.20. The lowest BCUT2D eigenvalue weighted by Crippen LogP contribution is -2.10. The molecule has 0 radical (unpaired) electrons. The van der Waals surface area contributed by atoms with Crippen molar-refractivity contribution in [1.82, 2.24) is 0 Å². The van der Waals surface area contributed by atoms with Crippen LogP contribution in [0, 0.1) is 0 Å². The summed E-state index contributed by atoms with van der Waals surface area (Å²) in [6.45, 7) is 8.79. The Labute approximate surface area is 362 Å². The fourth-order valence-electron chi connectivity index (χ4n) is 9.29. The molecular weight excluding hydrogens is 757 g/mol. The highest BCUT2D eigenvalue weighted by atomic mass is 16.3. The van der Waals surface area contributed by atoms with Gasteiger partial charge in [0.15, 0.2) is 0 Å². The Morgan fingerprint density at radius 2 is 0.581 bits per heavy atom. The molecule has 0 N–H and O–H groups in total. The highest BCUT2D eigenvalue weighted by Crippen LogP contribution is 2.44. The van der Waals surface area contributed by atoms with E-state index in [1.807, 2.05) is 0 Å². The zero-order chi connectivity index (χ0) is 41.9. The Morgan fingerprint density at radius 1 is 0.290 bits per heavy atom. The molecule has 0 saturated carbocycles. The second kappa shape index (κ2) is 15.3. The third-order valence-electron chi connectivity index (χ3n) is 12.9. The number of hydrogen-bond acceptors (Lipinski definition) is 4. The molecule has 11 aromatic rings. The second-order valence-electron chi connectivity index (χ2n) is 16.5. The van der Waals surface area contributed by atoms with Crippen molar-refractivity contribution in [3.63, 3.8) is 0 Å². The molecule has 0 bridgehead atoms. The van der Waals surface area contributed by atoms with E-state index in [4.69, 9.17) is 8.83 Å². The first-order chi connectivity index (χ1) is 30.5. The molecule has 0 fully saturated rings. The van der Waals surface area contributed by atoms with Gasteiger partial charge in [-0.05, 0) is 168 Å². The van der Waals surface area contributed by atoms with Crippen molar-refractivity contribution in [3.05, 3.63) is 192 Å². The van der Waals surface area contributed by atoms with Crippen LogP contribution in [-0.4, -0.2) is 0 Å². The Kier molecular flexibility index (Phi) is 9.30. The van der Waals surface area contributed by atoms with Gasteiger partial charge in [-0.25, -0.2) is 0 Å². The van der Waals surface area contributed by atoms with E-state index in [0.29, 0.717) is 0 Å². The quantitative estimate of drug-likeness (QED) is 0.138. The maximum atomic E-state index is 6.79. The zero-order valence-corrected chi connectivity index (χ0v) is 35.7. The molecule has 62 heavy (non-hydrogen) atoms. The molecule has 0 saturated heterocycles. The summed E-state index contributed by atoms with van der Waals surface area (Å²) in [5.41, 5.74) is 15.6. The normalized spacial score (nSPS) is 11.8. The fraction of sp³-hybridized carbons (Fsp3) is 0.138. The SMILES string of the molecule is CCc1ccc(N(c2ccc(CC)cc2)c2ccc3c(ccc4c5cc6oc7c8ccc(N(c9ccc(CC)cc9)c9ccc(CC)cc9)cc8ccc7c6cc5oc34)c2)cc1. The minimum absolute atomic E-state index is 0.856. The average Bonchev–Trinajstić information content (AvgIpc) is 3.89. The molecule has 4 nitrogen and oxygen atoms in total. The Morgan fingerprint density at radius 3 is 0.887 bits per heavy atom. The molecular formula is C58H48N2O2. The maximum Gasteiger partial charge on any atom is 0.143 e. The van der Waals surface area contributed by atoms with Gasteiger partial charge in [0, 0.05) is 66.4 Å². The Balaban J connectivity index is 0.984. The lowest BCUT2D eigenvalue weighted by atomic mass is 10.0. The fourth-order valence-corrected chi connectivity index (χ4v) is 9.29. The van der Waals surface area contributed by atoms with E-state index in [9.17, 15) is 0 Å². The number of aryl methyl sites for hydroxylation is 4. The molecule has 11 rings (SSSR count). The summed E-state index contributed by atoms with van der Waals surface area (Å²) in [7, 11) is 0. The van der Waals surface area contributed by atoms with Crippen LogP contribution in [0.25, 0.3) is 65.4 Å². The summed E-state index contributed by atoms with van der Waals surface area (Å²) in [4.78, 5) is 4.69. The molecule has 0 spiro atoms. The smallest absolute Gasteiger partial charge is 0.143 e. The van der Waals surface area contributed by atoms with Crippen LogP contribution in [-0.2, 0) is 25.7 Å². The highest BCUT2D eigenvalue weighted by molar-refractivity contribution is 6.21. The van der Waals surface area contributed by atoms with Crippen LogP contribution >= 0.6 is 0 Å². The Bertz CT molecular complexity index is 3100. The Hall–Kier alpha value is -7.30. The van der Waals surface area contributed by atoms with Crippen LogP contribution in [0.5, 0.6) is 0 Å². The molecule has 9 aromatic carbocycles. The summed E-state index contributed by atoms with van der Waals surface area (Å²) in [5, 5.41) is 8.70. The van der Waals surface area contributed by atoms with Gasteiger partial charge in [-0.15, -0.1) is 0 Å². The number of furan rings is 2. The van der Waals surface area contributed by atoms with Gasteiger partial charge in [-0.1, -0.05) is 88.4 Å². The van der Waals surface area contributed by atoms with Crippen LogP contribution in [0.3, 0.4) is 0 Å². The van der Waals surface area contributed by atoms with Crippen molar-refractivity contribution < 1.29 is 8.83 Å². The van der Waals surface area contributed by atoms with Crippen molar-refractivity contribution in [3.8, 4) is 0 Å². The molecule has 2 aromatic heterocycles. The first-order valence-corrected chi connectivity index (χ1v) is 22.1. The van der Waals surface area contributed by atoms with E-state index < -0.39 is 0 Å². The van der Waals surface area contributed by atoms with Gasteiger partial charge in [0.1, 0.15) is 22.3 Å². The van der Waals surface area contributed by atoms with Crippen LogP contribution in [0.4, 0.5) is 34.1 Å². The van der Waals surface area contributed by atoms with Crippen molar-refractivity contribution in [1.29, 1.82) is 0 Å². The third-order valence-corrected chi connectivity index (χ3v) is 12.9. The minimum Gasteiger partial charge on any atom is -0.455 e. The van der Waals surface area contributed by atoms with E-state index in [2.05, 4.69) is 207 Å². The first kappa shape index (κ1) is 37.7. The van der Waals surface area contributed by atoms with Crippen LogP contribution in [0.2, 0.25) is 0 Å². The minimum atomic E-state index is 0.856. The molecule has 0 aliphatic heterocycles. The summed E-state index contributed by atoms with van der Waals surface area (Å²) < 4.78 is 13.6. The average molecular weight is 805 g/mol.